The molecule has 6 rings (SSSR count). The number of rotatable bonds is 1. The van der Waals surface area contributed by atoms with Crippen LogP contribution in [0.5, 0.6) is 0 Å². The SMILES string of the molecule is Cc1ccc(N2C(=O)[C@@]3(CCN4C[C@@H]5CC[C@H](O)[C@H](C)[C@H]5C[C@H]43)c3ccccc32)cc1. The summed E-state index contributed by atoms with van der Waals surface area (Å²) in [7, 11) is 0. The number of aryl methyl sites for hydroxylation is 1. The number of carbonyl (C=O) groups excluding carboxylic acids is 1. The highest BCUT2D eigenvalue weighted by Crippen LogP contribution is 2.57. The van der Waals surface area contributed by atoms with E-state index in [9.17, 15) is 9.90 Å². The Labute approximate surface area is 184 Å². The van der Waals surface area contributed by atoms with Crippen LogP contribution in [0, 0.1) is 24.7 Å². The van der Waals surface area contributed by atoms with Gasteiger partial charge in [-0.1, -0.05) is 42.8 Å². The summed E-state index contributed by atoms with van der Waals surface area (Å²) >= 11 is 0. The lowest BCUT2D eigenvalue weighted by Gasteiger charge is -2.50. The molecular formula is C27H32N2O2. The molecule has 31 heavy (non-hydrogen) atoms. The average molecular weight is 417 g/mol. The minimum absolute atomic E-state index is 0.194. The third-order valence-electron chi connectivity index (χ3n) is 8.99. The highest BCUT2D eigenvalue weighted by molar-refractivity contribution is 6.13. The highest BCUT2D eigenvalue weighted by Gasteiger charge is 2.62. The molecule has 4 heteroatoms. The van der Waals surface area contributed by atoms with Crippen molar-refractivity contribution in [2.24, 2.45) is 17.8 Å². The molecule has 3 aliphatic heterocycles. The van der Waals surface area contributed by atoms with E-state index in [4.69, 9.17) is 0 Å². The van der Waals surface area contributed by atoms with Gasteiger partial charge in [0.25, 0.3) is 0 Å². The van der Waals surface area contributed by atoms with Crippen LogP contribution in [0.15, 0.2) is 48.5 Å². The standard InChI is InChI=1S/C27H32N2O2/c1-17-7-10-20(11-8-17)29-23-6-4-3-5-22(23)27(26(29)31)13-14-28-16-19-9-12-24(30)18(2)21(19)15-25(27)28/h3-8,10-11,18-19,21,24-25,30H,9,12-16H2,1-2H3/t18-,19+,21-,24+,25+,27+/m1/s1. The van der Waals surface area contributed by atoms with Crippen molar-refractivity contribution in [1.29, 1.82) is 0 Å². The Hall–Kier alpha value is -2.17. The van der Waals surface area contributed by atoms with Gasteiger partial charge in [-0.3, -0.25) is 14.6 Å². The first-order valence-electron chi connectivity index (χ1n) is 11.9. The first kappa shape index (κ1) is 19.5. The molecule has 6 atom stereocenters. The first-order valence-corrected chi connectivity index (χ1v) is 11.9. The van der Waals surface area contributed by atoms with E-state index in [2.05, 4.69) is 67.3 Å². The Morgan fingerprint density at radius 2 is 1.84 bits per heavy atom. The maximum absolute atomic E-state index is 14.3. The van der Waals surface area contributed by atoms with Crippen molar-refractivity contribution < 1.29 is 9.90 Å². The van der Waals surface area contributed by atoms with Crippen LogP contribution in [0.4, 0.5) is 11.4 Å². The van der Waals surface area contributed by atoms with Crippen molar-refractivity contribution in [3.8, 4) is 0 Å². The smallest absolute Gasteiger partial charge is 0.243 e. The van der Waals surface area contributed by atoms with Crippen LogP contribution in [0.3, 0.4) is 0 Å². The number of aliphatic hydroxyl groups excluding tert-OH is 1. The zero-order valence-electron chi connectivity index (χ0n) is 18.5. The van der Waals surface area contributed by atoms with Gasteiger partial charge in [0.05, 0.1) is 17.2 Å². The number of carbonyl (C=O) groups is 1. The highest BCUT2D eigenvalue weighted by atomic mass is 16.3. The topological polar surface area (TPSA) is 43.8 Å². The Kier molecular flexibility index (Phi) is 4.35. The molecule has 4 aliphatic rings. The molecule has 2 aromatic carbocycles. The van der Waals surface area contributed by atoms with Gasteiger partial charge in [0.1, 0.15) is 0 Å². The number of anilines is 2. The first-order chi connectivity index (χ1) is 15.0. The molecule has 0 aromatic heterocycles. The fourth-order valence-corrected chi connectivity index (χ4v) is 7.28. The van der Waals surface area contributed by atoms with Gasteiger partial charge in [-0.05, 0) is 80.7 Å². The predicted molar refractivity (Wildman–Crippen MR) is 122 cm³/mol. The van der Waals surface area contributed by atoms with E-state index in [0.29, 0.717) is 17.8 Å². The van der Waals surface area contributed by atoms with Gasteiger partial charge < -0.3 is 5.11 Å². The van der Waals surface area contributed by atoms with Gasteiger partial charge in [0.15, 0.2) is 0 Å². The summed E-state index contributed by atoms with van der Waals surface area (Å²) < 4.78 is 0. The third kappa shape index (κ3) is 2.64. The number of benzene rings is 2. The van der Waals surface area contributed by atoms with Crippen LogP contribution in [0.25, 0.3) is 0 Å². The molecule has 0 bridgehead atoms. The second-order valence-electron chi connectivity index (χ2n) is 10.4. The van der Waals surface area contributed by atoms with Crippen LogP contribution in [0.2, 0.25) is 0 Å². The molecule has 3 heterocycles. The Morgan fingerprint density at radius 1 is 1.06 bits per heavy atom. The van der Waals surface area contributed by atoms with Crippen molar-refractivity contribution in [1.82, 2.24) is 4.90 Å². The number of para-hydroxylation sites is 1. The summed E-state index contributed by atoms with van der Waals surface area (Å²) in [5.41, 5.74) is 3.96. The van der Waals surface area contributed by atoms with Gasteiger partial charge in [0.2, 0.25) is 5.91 Å². The number of piperidine rings is 1. The fourth-order valence-electron chi connectivity index (χ4n) is 7.28. The molecule has 2 aromatic rings. The van der Waals surface area contributed by atoms with E-state index >= 15 is 0 Å². The van der Waals surface area contributed by atoms with Crippen LogP contribution in [0.1, 0.15) is 43.7 Å². The molecule has 3 fully saturated rings. The van der Waals surface area contributed by atoms with E-state index in [-0.39, 0.29) is 18.1 Å². The van der Waals surface area contributed by atoms with Gasteiger partial charge in [-0.25, -0.2) is 0 Å². The van der Waals surface area contributed by atoms with Gasteiger partial charge >= 0.3 is 0 Å². The molecule has 0 radical (unpaired) electrons. The second-order valence-corrected chi connectivity index (χ2v) is 10.4. The number of hydrogen-bond acceptors (Lipinski definition) is 3. The minimum Gasteiger partial charge on any atom is -0.393 e. The normalized spacial score (nSPS) is 37.1. The van der Waals surface area contributed by atoms with E-state index in [0.717, 1.165) is 50.1 Å². The molecule has 1 aliphatic carbocycles. The molecule has 0 unspecified atom stereocenters. The van der Waals surface area contributed by atoms with Crippen LogP contribution in [-0.2, 0) is 10.2 Å². The van der Waals surface area contributed by atoms with E-state index < -0.39 is 5.41 Å². The van der Waals surface area contributed by atoms with Crippen LogP contribution < -0.4 is 4.90 Å². The number of hydrogen-bond donors (Lipinski definition) is 1. The molecular weight excluding hydrogens is 384 g/mol. The third-order valence-corrected chi connectivity index (χ3v) is 8.99. The predicted octanol–water partition coefficient (Wildman–Crippen LogP) is 4.41. The molecule has 1 saturated carbocycles. The number of nitrogens with zero attached hydrogens (tertiary/aromatic N) is 2. The maximum atomic E-state index is 14.3. The van der Waals surface area contributed by atoms with Crippen molar-refractivity contribution in [2.75, 3.05) is 18.0 Å². The van der Waals surface area contributed by atoms with Gasteiger partial charge in [-0.15, -0.1) is 0 Å². The molecule has 4 nitrogen and oxygen atoms in total. The van der Waals surface area contributed by atoms with Crippen molar-refractivity contribution in [3.63, 3.8) is 0 Å². The monoisotopic (exact) mass is 416 g/mol. The zero-order chi connectivity index (χ0) is 21.3. The van der Waals surface area contributed by atoms with Crippen LogP contribution in [-0.4, -0.2) is 41.1 Å². The minimum atomic E-state index is -0.464. The van der Waals surface area contributed by atoms with E-state index in [1.807, 2.05) is 4.90 Å². The van der Waals surface area contributed by atoms with E-state index in [1.165, 1.54) is 11.1 Å². The fraction of sp³-hybridized carbons (Fsp3) is 0.519. The summed E-state index contributed by atoms with van der Waals surface area (Å²) in [5, 5.41) is 10.5. The summed E-state index contributed by atoms with van der Waals surface area (Å²) in [6.07, 6.45) is 3.76. The zero-order valence-corrected chi connectivity index (χ0v) is 18.5. The molecule has 2 saturated heterocycles. The summed E-state index contributed by atoms with van der Waals surface area (Å²) in [6, 6.07) is 17.0. The lowest BCUT2D eigenvalue weighted by atomic mass is 9.62. The maximum Gasteiger partial charge on any atom is 0.243 e. The largest absolute Gasteiger partial charge is 0.393 e. The van der Waals surface area contributed by atoms with E-state index in [1.54, 1.807) is 0 Å². The number of amides is 1. The summed E-state index contributed by atoms with van der Waals surface area (Å²) in [5.74, 6) is 1.73. The number of fused-ring (bicyclic) bond motifs is 5. The van der Waals surface area contributed by atoms with Crippen molar-refractivity contribution in [2.45, 2.75) is 57.1 Å². The summed E-state index contributed by atoms with van der Waals surface area (Å²) in [4.78, 5) is 18.9. The quantitative estimate of drug-likeness (QED) is 0.749. The Bertz CT molecular complexity index is 1020. The number of aliphatic hydroxyl groups is 1. The van der Waals surface area contributed by atoms with Crippen molar-refractivity contribution in [3.05, 3.63) is 59.7 Å². The lowest BCUT2D eigenvalue weighted by Crippen LogP contribution is -2.56. The molecule has 1 spiro atoms. The Morgan fingerprint density at radius 3 is 2.65 bits per heavy atom. The van der Waals surface area contributed by atoms with Gasteiger partial charge in [-0.2, -0.15) is 0 Å². The van der Waals surface area contributed by atoms with Crippen LogP contribution >= 0.6 is 0 Å². The molecule has 1 amide bonds. The molecule has 162 valence electrons. The van der Waals surface area contributed by atoms with Crippen molar-refractivity contribution >= 4 is 17.3 Å². The lowest BCUT2D eigenvalue weighted by molar-refractivity contribution is -0.125. The summed E-state index contributed by atoms with van der Waals surface area (Å²) in [6.45, 7) is 6.38. The Balaban J connectivity index is 1.43. The van der Waals surface area contributed by atoms with Gasteiger partial charge in [0, 0.05) is 18.3 Å². The average Bonchev–Trinajstić information content (AvgIpc) is 3.28. The second kappa shape index (κ2) is 6.91. The molecule has 1 N–H and O–H groups in total.